The summed E-state index contributed by atoms with van der Waals surface area (Å²) in [6.07, 6.45) is 7.65. The van der Waals surface area contributed by atoms with Crippen LogP contribution in [0.5, 0.6) is 11.5 Å². The minimum atomic E-state index is -0.793. The summed E-state index contributed by atoms with van der Waals surface area (Å²) in [4.78, 5) is 38.4. The maximum atomic E-state index is 13.9. The number of ether oxygens (including phenoxy) is 3. The van der Waals surface area contributed by atoms with Crippen LogP contribution in [0.3, 0.4) is 0 Å². The van der Waals surface area contributed by atoms with Gasteiger partial charge in [0.15, 0.2) is 17.5 Å². The highest BCUT2D eigenvalue weighted by molar-refractivity contribution is 5.95. The Morgan fingerprint density at radius 1 is 1.02 bits per heavy atom. The number of rotatable bonds is 14. The first-order valence-corrected chi connectivity index (χ1v) is 16.4. The highest BCUT2D eigenvalue weighted by Crippen LogP contribution is 2.36. The quantitative estimate of drug-likeness (QED) is 0.0418. The van der Waals surface area contributed by atoms with Gasteiger partial charge in [-0.25, -0.2) is 9.99 Å². The lowest BCUT2D eigenvalue weighted by molar-refractivity contribution is -0.146. The first kappa shape index (κ1) is 36.8. The van der Waals surface area contributed by atoms with Crippen LogP contribution in [0.15, 0.2) is 83.0 Å². The van der Waals surface area contributed by atoms with Crippen LogP contribution in [-0.4, -0.2) is 65.8 Å². The second kappa shape index (κ2) is 17.0. The lowest BCUT2D eigenvalue weighted by Gasteiger charge is -2.31. The summed E-state index contributed by atoms with van der Waals surface area (Å²) in [5.41, 5.74) is 33.8. The molecule has 1 aliphatic rings. The average Bonchev–Trinajstić information content (AvgIpc) is 3.15. The lowest BCUT2D eigenvalue weighted by Crippen LogP contribution is -2.33. The van der Waals surface area contributed by atoms with Gasteiger partial charge in [-0.1, -0.05) is 48.5 Å². The van der Waals surface area contributed by atoms with E-state index in [0.717, 1.165) is 27.8 Å². The molecule has 2 heterocycles. The Hall–Kier alpha value is -6.48. The van der Waals surface area contributed by atoms with Gasteiger partial charge in [-0.2, -0.15) is 10.1 Å². The van der Waals surface area contributed by atoms with Crippen molar-refractivity contribution in [3.63, 3.8) is 0 Å². The minimum Gasteiger partial charge on any atom is -0.493 e. The summed E-state index contributed by atoms with van der Waals surface area (Å²) in [7, 11) is 3.06. The molecule has 5 rings (SSSR count). The molecular weight excluding hydrogens is 664 g/mol. The molecule has 270 valence electrons. The van der Waals surface area contributed by atoms with Gasteiger partial charge in [-0.05, 0) is 53.3 Å². The van der Waals surface area contributed by atoms with Crippen molar-refractivity contribution >= 4 is 41.9 Å². The van der Waals surface area contributed by atoms with E-state index >= 15 is 0 Å². The van der Waals surface area contributed by atoms with Crippen molar-refractivity contribution in [2.75, 3.05) is 32.2 Å². The Kier molecular flexibility index (Phi) is 12.0. The third-order valence-corrected chi connectivity index (χ3v) is 8.31. The smallest absolute Gasteiger partial charge is 0.323 e. The van der Waals surface area contributed by atoms with Gasteiger partial charge in [0.25, 0.3) is 5.91 Å². The van der Waals surface area contributed by atoms with E-state index in [2.05, 4.69) is 20.1 Å². The summed E-state index contributed by atoms with van der Waals surface area (Å²) in [6, 6.07) is 17.6. The molecule has 4 aromatic rings. The number of methoxy groups -OCH3 is 2. The normalized spacial score (nSPS) is 14.1. The van der Waals surface area contributed by atoms with E-state index in [9.17, 15) is 9.59 Å². The van der Waals surface area contributed by atoms with Crippen LogP contribution in [-0.2, 0) is 27.4 Å². The summed E-state index contributed by atoms with van der Waals surface area (Å²) < 4.78 is 16.7. The molecule has 10 N–H and O–H groups in total. The third kappa shape index (κ3) is 9.00. The van der Waals surface area contributed by atoms with Crippen LogP contribution >= 0.6 is 0 Å². The van der Waals surface area contributed by atoms with Gasteiger partial charge in [0.05, 0.1) is 20.4 Å². The predicted octanol–water partition coefficient (Wildman–Crippen LogP) is 2.65. The standard InChI is InChI=1S/C37H42N10O5/c1-50-30-18-23(17-27-19-44-37(42)46-34(27)39)16-25(33(30)51-2)13-14-31(48)47-32(28-7-4-3-6-26(28)20-45-47)24-11-9-22(10-12-24)21-52-35(49)29(38)8-5-15-43-36(40)41/h3-4,6-7,9-14,16,18-20,29,32H,5,8,15,17,21,38H2,1-2H3,(H4,40,41,43)(H4,39,42,44,46)/b14-13+. The minimum absolute atomic E-state index is 0.00979. The number of guanidine groups is 1. The molecule has 1 aliphatic heterocycles. The van der Waals surface area contributed by atoms with Crippen molar-refractivity contribution in [3.8, 4) is 11.5 Å². The first-order chi connectivity index (χ1) is 25.1. The molecule has 1 aromatic heterocycles. The number of anilines is 2. The zero-order chi connectivity index (χ0) is 37.2. The number of benzene rings is 3. The topological polar surface area (TPSA) is 246 Å². The number of hydrogen-bond acceptors (Lipinski definition) is 12. The summed E-state index contributed by atoms with van der Waals surface area (Å²) >= 11 is 0. The van der Waals surface area contributed by atoms with Crippen molar-refractivity contribution in [1.29, 1.82) is 0 Å². The van der Waals surface area contributed by atoms with Crippen LogP contribution in [0.4, 0.5) is 11.8 Å². The number of nitrogens with two attached hydrogens (primary N) is 5. The molecule has 3 aromatic carbocycles. The largest absolute Gasteiger partial charge is 0.493 e. The van der Waals surface area contributed by atoms with Crippen molar-refractivity contribution in [1.82, 2.24) is 15.0 Å². The van der Waals surface area contributed by atoms with Gasteiger partial charge in [0.2, 0.25) is 5.95 Å². The number of nitrogen functional groups attached to an aromatic ring is 2. The Labute approximate surface area is 301 Å². The molecule has 2 unspecified atom stereocenters. The fourth-order valence-electron chi connectivity index (χ4n) is 5.71. The molecule has 2 atom stereocenters. The Morgan fingerprint density at radius 2 is 1.79 bits per heavy atom. The van der Waals surface area contributed by atoms with Gasteiger partial charge in [0, 0.05) is 41.9 Å². The third-order valence-electron chi connectivity index (χ3n) is 8.31. The number of esters is 1. The zero-order valence-electron chi connectivity index (χ0n) is 28.9. The second-order valence-electron chi connectivity index (χ2n) is 11.9. The Morgan fingerprint density at radius 3 is 2.50 bits per heavy atom. The number of aromatic nitrogens is 2. The molecule has 0 radical (unpaired) electrons. The summed E-state index contributed by atoms with van der Waals surface area (Å²) in [6.45, 7) is 0.412. The number of nitrogens with zero attached hydrogens (tertiary/aromatic N) is 5. The number of aliphatic imine (C=N–C) groups is 1. The van der Waals surface area contributed by atoms with E-state index in [0.29, 0.717) is 48.4 Å². The molecule has 0 spiro atoms. The maximum absolute atomic E-state index is 13.9. The molecule has 0 fully saturated rings. The van der Waals surface area contributed by atoms with Crippen molar-refractivity contribution < 1.29 is 23.8 Å². The molecule has 15 heteroatoms. The maximum Gasteiger partial charge on any atom is 0.323 e. The van der Waals surface area contributed by atoms with E-state index in [1.54, 1.807) is 18.5 Å². The predicted molar refractivity (Wildman–Crippen MR) is 199 cm³/mol. The molecule has 0 bridgehead atoms. The number of fused-ring (bicyclic) bond motifs is 1. The molecule has 0 saturated carbocycles. The number of amides is 1. The molecule has 0 aliphatic carbocycles. The van der Waals surface area contributed by atoms with E-state index in [1.807, 2.05) is 60.7 Å². The van der Waals surface area contributed by atoms with E-state index in [1.165, 1.54) is 25.3 Å². The van der Waals surface area contributed by atoms with Crippen molar-refractivity contribution in [2.45, 2.75) is 38.0 Å². The molecule has 15 nitrogen and oxygen atoms in total. The van der Waals surface area contributed by atoms with Crippen molar-refractivity contribution in [3.05, 3.63) is 112 Å². The summed E-state index contributed by atoms with van der Waals surface area (Å²) in [5.74, 6) is 0.382. The van der Waals surface area contributed by atoms with E-state index in [-0.39, 0.29) is 30.2 Å². The summed E-state index contributed by atoms with van der Waals surface area (Å²) in [5, 5.41) is 5.98. The van der Waals surface area contributed by atoms with Crippen LogP contribution < -0.4 is 38.1 Å². The number of hydrazone groups is 1. The number of hydrogen-bond donors (Lipinski definition) is 5. The first-order valence-electron chi connectivity index (χ1n) is 16.4. The number of carbonyl (C=O) groups is 2. The fraction of sp³-hybridized carbons (Fsp3) is 0.243. The Balaban J connectivity index is 1.35. The van der Waals surface area contributed by atoms with Gasteiger partial charge in [-0.15, -0.1) is 0 Å². The van der Waals surface area contributed by atoms with Crippen molar-refractivity contribution in [2.24, 2.45) is 27.3 Å². The van der Waals surface area contributed by atoms with E-state index in [4.69, 9.17) is 42.9 Å². The van der Waals surface area contributed by atoms with Crippen LogP contribution in [0.2, 0.25) is 0 Å². The highest BCUT2D eigenvalue weighted by atomic mass is 16.5. The monoisotopic (exact) mass is 706 g/mol. The Bertz CT molecular complexity index is 1990. The second-order valence-corrected chi connectivity index (χ2v) is 11.9. The highest BCUT2D eigenvalue weighted by Gasteiger charge is 2.30. The lowest BCUT2D eigenvalue weighted by atomic mass is 9.92. The molecule has 52 heavy (non-hydrogen) atoms. The number of carbonyl (C=O) groups excluding carboxylic acids is 2. The molecular formula is C37H42N10O5. The van der Waals surface area contributed by atoms with Crippen LogP contribution in [0, 0.1) is 0 Å². The molecule has 1 amide bonds. The zero-order valence-corrected chi connectivity index (χ0v) is 28.9. The average molecular weight is 707 g/mol. The fourth-order valence-corrected chi connectivity index (χ4v) is 5.71. The van der Waals surface area contributed by atoms with Gasteiger partial charge in [-0.3, -0.25) is 14.6 Å². The van der Waals surface area contributed by atoms with Gasteiger partial charge in [0.1, 0.15) is 24.5 Å². The van der Waals surface area contributed by atoms with E-state index < -0.39 is 18.1 Å². The molecule has 0 saturated heterocycles. The van der Waals surface area contributed by atoms with Crippen LogP contribution in [0.25, 0.3) is 6.08 Å². The van der Waals surface area contributed by atoms with Gasteiger partial charge >= 0.3 is 5.97 Å². The van der Waals surface area contributed by atoms with Crippen LogP contribution in [0.1, 0.15) is 57.8 Å². The van der Waals surface area contributed by atoms with Gasteiger partial charge < -0.3 is 42.9 Å². The SMILES string of the molecule is COc1cc(Cc2cnc(N)nc2N)cc(/C=C/C(=O)N2N=Cc3ccccc3C2c2ccc(COC(=O)C(N)CCCN=C(N)N)cc2)c1OC.